The van der Waals surface area contributed by atoms with Gasteiger partial charge in [0.25, 0.3) is 0 Å². The fourth-order valence-electron chi connectivity index (χ4n) is 2.77. The van der Waals surface area contributed by atoms with Gasteiger partial charge in [-0.2, -0.15) is 0 Å². The summed E-state index contributed by atoms with van der Waals surface area (Å²) in [7, 11) is 0. The number of nitrogens with zero attached hydrogens (tertiary/aromatic N) is 1. The summed E-state index contributed by atoms with van der Waals surface area (Å²) >= 11 is 6.34. The zero-order valence-corrected chi connectivity index (χ0v) is 11.7. The quantitative estimate of drug-likeness (QED) is 0.817. The van der Waals surface area contributed by atoms with E-state index in [1.54, 1.807) is 0 Å². The highest BCUT2D eigenvalue weighted by Crippen LogP contribution is 2.39. The Bertz CT molecular complexity index is 473. The zero-order chi connectivity index (χ0) is 13.2. The van der Waals surface area contributed by atoms with E-state index in [1.165, 1.54) is 0 Å². The van der Waals surface area contributed by atoms with Crippen LogP contribution in [0.1, 0.15) is 17.5 Å². The van der Waals surface area contributed by atoms with E-state index in [0.717, 1.165) is 74.1 Å². The Morgan fingerprint density at radius 1 is 1.37 bits per heavy atom. The molecule has 1 aromatic rings. The summed E-state index contributed by atoms with van der Waals surface area (Å²) in [6.45, 7) is 4.96. The summed E-state index contributed by atoms with van der Waals surface area (Å²) in [5.74, 6) is 0.366. The van der Waals surface area contributed by atoms with E-state index in [2.05, 4.69) is 10.2 Å². The summed E-state index contributed by atoms with van der Waals surface area (Å²) in [4.78, 5) is 2.28. The van der Waals surface area contributed by atoms with Crippen molar-refractivity contribution < 1.29 is 9.84 Å². The molecular weight excluding hydrogens is 264 g/mol. The number of fused-ring (bicyclic) bond motifs is 1. The monoisotopic (exact) mass is 282 g/mol. The lowest BCUT2D eigenvalue weighted by atomic mass is 9.99. The number of anilines is 1. The molecule has 2 heterocycles. The molecule has 1 fully saturated rings. The Kier molecular flexibility index (Phi) is 3.82. The maximum absolute atomic E-state index is 10.4. The van der Waals surface area contributed by atoms with Crippen LogP contribution in [-0.4, -0.2) is 42.9 Å². The fourth-order valence-corrected chi connectivity index (χ4v) is 3.09. The van der Waals surface area contributed by atoms with Crippen molar-refractivity contribution in [1.82, 2.24) is 4.90 Å². The van der Waals surface area contributed by atoms with Gasteiger partial charge in [-0.05, 0) is 24.5 Å². The Balaban J connectivity index is 1.86. The predicted molar refractivity (Wildman–Crippen MR) is 76.0 cm³/mol. The largest absolute Gasteiger partial charge is 0.505 e. The number of hydrogen-bond donors (Lipinski definition) is 2. The molecule has 5 heteroatoms. The standard InChI is InChI=1S/C14H19ClN2O2/c15-12-8-10(9-17-4-6-19-7-5-17)14(18)13-11(12)2-1-3-16-13/h8,16,18H,1-7,9H2. The number of hydrogen-bond acceptors (Lipinski definition) is 4. The van der Waals surface area contributed by atoms with Crippen LogP contribution in [0.25, 0.3) is 0 Å². The van der Waals surface area contributed by atoms with E-state index < -0.39 is 0 Å². The van der Waals surface area contributed by atoms with Gasteiger partial charge in [0.05, 0.1) is 18.9 Å². The van der Waals surface area contributed by atoms with Crippen LogP contribution in [0.4, 0.5) is 5.69 Å². The van der Waals surface area contributed by atoms with Crippen LogP contribution in [0.2, 0.25) is 5.02 Å². The normalized spacial score (nSPS) is 19.8. The lowest BCUT2D eigenvalue weighted by molar-refractivity contribution is 0.0339. The van der Waals surface area contributed by atoms with Crippen LogP contribution in [0, 0.1) is 0 Å². The minimum atomic E-state index is 0.366. The lowest BCUT2D eigenvalue weighted by Gasteiger charge is -2.28. The van der Waals surface area contributed by atoms with Crippen molar-refractivity contribution in [3.05, 3.63) is 22.2 Å². The molecule has 0 aliphatic carbocycles. The van der Waals surface area contributed by atoms with Gasteiger partial charge in [-0.1, -0.05) is 11.6 Å². The summed E-state index contributed by atoms with van der Waals surface area (Å²) in [6, 6.07) is 1.91. The van der Waals surface area contributed by atoms with Crippen LogP contribution in [-0.2, 0) is 17.7 Å². The summed E-state index contributed by atoms with van der Waals surface area (Å²) in [6.07, 6.45) is 2.00. The molecule has 104 valence electrons. The number of halogens is 1. The molecule has 19 heavy (non-hydrogen) atoms. The Morgan fingerprint density at radius 3 is 2.95 bits per heavy atom. The van der Waals surface area contributed by atoms with E-state index >= 15 is 0 Å². The second-order valence-electron chi connectivity index (χ2n) is 5.14. The van der Waals surface area contributed by atoms with Crippen molar-refractivity contribution in [1.29, 1.82) is 0 Å². The number of rotatable bonds is 2. The average Bonchev–Trinajstić information content (AvgIpc) is 2.46. The molecule has 1 saturated heterocycles. The first kappa shape index (κ1) is 13.0. The molecule has 2 aliphatic heterocycles. The van der Waals surface area contributed by atoms with Crippen molar-refractivity contribution in [2.45, 2.75) is 19.4 Å². The predicted octanol–water partition coefficient (Wildman–Crippen LogP) is 2.24. The number of morpholine rings is 1. The molecular formula is C14H19ClN2O2. The maximum Gasteiger partial charge on any atom is 0.143 e. The second kappa shape index (κ2) is 5.57. The average molecular weight is 283 g/mol. The Hall–Kier alpha value is -0.970. The topological polar surface area (TPSA) is 44.7 Å². The third-order valence-corrected chi connectivity index (χ3v) is 4.17. The smallest absolute Gasteiger partial charge is 0.143 e. The summed E-state index contributed by atoms with van der Waals surface area (Å²) in [5, 5.41) is 14.4. The molecule has 0 saturated carbocycles. The van der Waals surface area contributed by atoms with Gasteiger partial charge in [0.2, 0.25) is 0 Å². The van der Waals surface area contributed by atoms with Crippen LogP contribution in [0.15, 0.2) is 6.07 Å². The van der Waals surface area contributed by atoms with Gasteiger partial charge in [0.15, 0.2) is 0 Å². The van der Waals surface area contributed by atoms with Gasteiger partial charge in [-0.25, -0.2) is 0 Å². The summed E-state index contributed by atoms with van der Waals surface area (Å²) < 4.78 is 5.34. The molecule has 2 N–H and O–H groups in total. The highest BCUT2D eigenvalue weighted by molar-refractivity contribution is 6.32. The molecule has 1 aromatic carbocycles. The number of phenolic OH excluding ortho intramolecular Hbond substituents is 1. The molecule has 0 bridgehead atoms. The molecule has 3 rings (SSSR count). The molecule has 0 spiro atoms. The van der Waals surface area contributed by atoms with Crippen LogP contribution in [0.5, 0.6) is 5.75 Å². The molecule has 2 aliphatic rings. The van der Waals surface area contributed by atoms with E-state index in [-0.39, 0.29) is 0 Å². The highest BCUT2D eigenvalue weighted by atomic mass is 35.5. The van der Waals surface area contributed by atoms with E-state index in [4.69, 9.17) is 16.3 Å². The lowest BCUT2D eigenvalue weighted by Crippen LogP contribution is -2.35. The molecule has 0 aromatic heterocycles. The third kappa shape index (κ3) is 2.66. The molecule has 0 radical (unpaired) electrons. The van der Waals surface area contributed by atoms with Crippen LogP contribution < -0.4 is 5.32 Å². The third-order valence-electron chi connectivity index (χ3n) is 3.83. The molecule has 4 nitrogen and oxygen atoms in total. The van der Waals surface area contributed by atoms with E-state index in [1.807, 2.05) is 6.07 Å². The van der Waals surface area contributed by atoms with Gasteiger partial charge >= 0.3 is 0 Å². The van der Waals surface area contributed by atoms with Crippen LogP contribution >= 0.6 is 11.6 Å². The van der Waals surface area contributed by atoms with Crippen molar-refractivity contribution in [3.63, 3.8) is 0 Å². The number of aromatic hydroxyl groups is 1. The van der Waals surface area contributed by atoms with Crippen molar-refractivity contribution in [2.24, 2.45) is 0 Å². The first-order valence-corrected chi connectivity index (χ1v) is 7.20. The van der Waals surface area contributed by atoms with Crippen molar-refractivity contribution >= 4 is 17.3 Å². The van der Waals surface area contributed by atoms with Crippen molar-refractivity contribution in [2.75, 3.05) is 38.2 Å². The minimum absolute atomic E-state index is 0.366. The van der Waals surface area contributed by atoms with Gasteiger partial charge in [-0.15, -0.1) is 0 Å². The van der Waals surface area contributed by atoms with Gasteiger partial charge in [-0.3, -0.25) is 4.90 Å². The SMILES string of the molecule is Oc1c(CN2CCOCC2)cc(Cl)c2c1NCCC2. The fraction of sp³-hybridized carbons (Fsp3) is 0.571. The van der Waals surface area contributed by atoms with Gasteiger partial charge < -0.3 is 15.2 Å². The number of phenols is 1. The molecule has 0 amide bonds. The number of benzene rings is 1. The van der Waals surface area contributed by atoms with Crippen LogP contribution in [0.3, 0.4) is 0 Å². The van der Waals surface area contributed by atoms with E-state index in [9.17, 15) is 5.11 Å². The second-order valence-corrected chi connectivity index (χ2v) is 5.55. The van der Waals surface area contributed by atoms with Gasteiger partial charge in [0, 0.05) is 36.8 Å². The zero-order valence-electron chi connectivity index (χ0n) is 10.9. The Labute approximate surface area is 118 Å². The van der Waals surface area contributed by atoms with Gasteiger partial charge in [0.1, 0.15) is 5.75 Å². The molecule has 0 atom stereocenters. The van der Waals surface area contributed by atoms with Crippen molar-refractivity contribution in [3.8, 4) is 5.75 Å². The highest BCUT2D eigenvalue weighted by Gasteiger charge is 2.21. The number of nitrogens with one attached hydrogen (secondary N) is 1. The minimum Gasteiger partial charge on any atom is -0.505 e. The first-order chi connectivity index (χ1) is 9.25. The molecule has 0 unspecified atom stereocenters. The van der Waals surface area contributed by atoms with E-state index in [0.29, 0.717) is 5.75 Å². The first-order valence-electron chi connectivity index (χ1n) is 6.83. The summed E-state index contributed by atoms with van der Waals surface area (Å²) in [5.41, 5.74) is 2.79. The Morgan fingerprint density at radius 2 is 2.16 bits per heavy atom. The number of ether oxygens (including phenoxy) is 1. The maximum atomic E-state index is 10.4.